The summed E-state index contributed by atoms with van der Waals surface area (Å²) in [5, 5.41) is 3.80. The molecule has 2 saturated heterocycles. The van der Waals surface area contributed by atoms with Gasteiger partial charge in [0.1, 0.15) is 12.9 Å². The molecule has 0 saturated carbocycles. The fraction of sp³-hybridized carbons (Fsp3) is 0.864. The van der Waals surface area contributed by atoms with Gasteiger partial charge in [-0.2, -0.15) is 0 Å². The number of nitrogens with one attached hydrogen (secondary N) is 1. The molecule has 3 aliphatic rings. The SMILES string of the molecule is C=CCOC(=O)CCCCCCCCCCCCCCCOC(=O)C1=C(CCC[C@@H](C)O[Si](C)(C)C(C)(C)C)NC(N)N2[C@H](CC3(CCC=C[C@H](CC)O[Si](C(C)C)(C(C)C)C(C)C)OCCCO3)CC[C@@H]12. The number of nitrogens with zero attached hydrogens (tertiary/aromatic N) is 1. The lowest BCUT2D eigenvalue weighted by molar-refractivity contribution is -0.278. The van der Waals surface area contributed by atoms with Crippen LogP contribution in [0.15, 0.2) is 36.1 Å². The monoisotopic (exact) mass is 1050 g/mol. The molecule has 5 atom stereocenters. The number of carbonyl (C=O) groups is 2. The van der Waals surface area contributed by atoms with Gasteiger partial charge in [0, 0.05) is 43.1 Å². The van der Waals surface area contributed by atoms with Crippen molar-refractivity contribution in [3.05, 3.63) is 36.1 Å². The Labute approximate surface area is 443 Å². The summed E-state index contributed by atoms with van der Waals surface area (Å²) in [6.45, 7) is 35.7. The summed E-state index contributed by atoms with van der Waals surface area (Å²) in [5.41, 5.74) is 10.4. The number of fused-ring (bicyclic) bond motifs is 1. The van der Waals surface area contributed by atoms with Gasteiger partial charge in [-0.15, -0.1) is 0 Å². The number of hydrogen-bond donors (Lipinski definition) is 2. The third-order valence-electron chi connectivity index (χ3n) is 16.6. The molecule has 0 radical (unpaired) electrons. The van der Waals surface area contributed by atoms with Crippen LogP contribution in [0.5, 0.6) is 0 Å². The highest BCUT2D eigenvalue weighted by molar-refractivity contribution is 6.77. The number of hydrogen-bond acceptors (Lipinski definition) is 11. The topological polar surface area (TPSA) is 131 Å². The predicted molar refractivity (Wildman–Crippen MR) is 304 cm³/mol. The van der Waals surface area contributed by atoms with Gasteiger partial charge in [-0.05, 0) is 106 Å². The molecule has 0 aliphatic carbocycles. The van der Waals surface area contributed by atoms with Crippen LogP contribution in [0, 0.1) is 0 Å². The number of nitrogens with two attached hydrogens (primary N) is 1. The van der Waals surface area contributed by atoms with E-state index in [0.29, 0.717) is 55.9 Å². The smallest absolute Gasteiger partial charge is 0.337 e. The van der Waals surface area contributed by atoms with Gasteiger partial charge in [0.05, 0.1) is 31.5 Å². The van der Waals surface area contributed by atoms with Crippen LogP contribution in [-0.2, 0) is 37.4 Å². The molecule has 72 heavy (non-hydrogen) atoms. The van der Waals surface area contributed by atoms with Crippen molar-refractivity contribution < 1.29 is 37.4 Å². The van der Waals surface area contributed by atoms with Gasteiger partial charge in [0.2, 0.25) is 8.32 Å². The van der Waals surface area contributed by atoms with Crippen LogP contribution >= 0.6 is 0 Å². The zero-order valence-corrected chi connectivity index (χ0v) is 50.6. The maximum atomic E-state index is 14.4. The zero-order valence-electron chi connectivity index (χ0n) is 48.6. The second kappa shape index (κ2) is 32.7. The van der Waals surface area contributed by atoms with E-state index in [-0.39, 0.29) is 41.3 Å². The Kier molecular flexibility index (Phi) is 29.2. The van der Waals surface area contributed by atoms with Gasteiger partial charge >= 0.3 is 11.9 Å². The molecular formula is C59H111N3O8Si2. The van der Waals surface area contributed by atoms with Crippen molar-refractivity contribution in [3.63, 3.8) is 0 Å². The molecule has 0 bridgehead atoms. The molecule has 1 unspecified atom stereocenters. The maximum absolute atomic E-state index is 14.4. The average Bonchev–Trinajstić information content (AvgIpc) is 3.72. The Morgan fingerprint density at radius 2 is 1.40 bits per heavy atom. The maximum Gasteiger partial charge on any atom is 0.337 e. The second-order valence-corrected chi connectivity index (χ2v) is 34.4. The molecule has 3 aliphatic heterocycles. The van der Waals surface area contributed by atoms with Crippen molar-refractivity contribution in [1.29, 1.82) is 0 Å². The lowest BCUT2D eigenvalue weighted by Gasteiger charge is -2.45. The van der Waals surface area contributed by atoms with Gasteiger partial charge in [-0.3, -0.25) is 15.4 Å². The molecular weight excluding hydrogens is 935 g/mol. The molecule has 2 fully saturated rings. The summed E-state index contributed by atoms with van der Waals surface area (Å²) in [5.74, 6) is -1.03. The molecule has 418 valence electrons. The number of esters is 2. The highest BCUT2D eigenvalue weighted by atomic mass is 28.4. The van der Waals surface area contributed by atoms with Crippen LogP contribution in [0.4, 0.5) is 0 Å². The fourth-order valence-electron chi connectivity index (χ4n) is 11.7. The van der Waals surface area contributed by atoms with Crippen molar-refractivity contribution in [1.82, 2.24) is 10.2 Å². The highest BCUT2D eigenvalue weighted by Crippen LogP contribution is 2.45. The summed E-state index contributed by atoms with van der Waals surface area (Å²) >= 11 is 0. The van der Waals surface area contributed by atoms with E-state index in [1.807, 2.05) is 0 Å². The van der Waals surface area contributed by atoms with Gasteiger partial charge in [-0.25, -0.2) is 4.79 Å². The van der Waals surface area contributed by atoms with Gasteiger partial charge < -0.3 is 33.1 Å². The second-order valence-electron chi connectivity index (χ2n) is 24.2. The molecule has 13 heteroatoms. The highest BCUT2D eigenvalue weighted by Gasteiger charge is 2.50. The molecule has 0 amide bonds. The van der Waals surface area contributed by atoms with Crippen molar-refractivity contribution in [2.24, 2.45) is 5.73 Å². The largest absolute Gasteiger partial charge is 0.462 e. The summed E-state index contributed by atoms with van der Waals surface area (Å²) < 4.78 is 38.4. The lowest BCUT2D eigenvalue weighted by Crippen LogP contribution is -2.62. The molecule has 0 spiro atoms. The van der Waals surface area contributed by atoms with Gasteiger partial charge in [0.25, 0.3) is 0 Å². The van der Waals surface area contributed by atoms with Crippen molar-refractivity contribution in [2.75, 3.05) is 26.4 Å². The minimum atomic E-state index is -2.02. The Morgan fingerprint density at radius 1 is 0.833 bits per heavy atom. The van der Waals surface area contributed by atoms with Gasteiger partial charge in [-0.1, -0.05) is 165 Å². The van der Waals surface area contributed by atoms with Crippen molar-refractivity contribution >= 4 is 28.6 Å². The van der Waals surface area contributed by atoms with E-state index >= 15 is 0 Å². The Balaban J connectivity index is 1.60. The predicted octanol–water partition coefficient (Wildman–Crippen LogP) is 15.1. The first-order valence-corrected chi connectivity index (χ1v) is 34.5. The first-order chi connectivity index (χ1) is 34.1. The standard InChI is InChI=1S/C59H111N3O8Si2/c1-15-41-65-54(63)37-28-26-24-22-20-18-17-19-21-23-25-27-31-42-66-56(64)55-52(36-32-34-49(9)69-71(13,14)58(10,11)12)61-57(60)62-50(38-39-53(55)62)45-59(67-43-33-44-68-59)40-30-29-35-51(16-2)70-72(46(3)4,47(5)6)48(7)8/h15,29,35,46-51,53,57,61H,1,16-28,30-34,36-45,60H2,2-14H3/t49-,50+,51+,53+,57?/m1/s1. The minimum Gasteiger partial charge on any atom is -0.462 e. The Hall–Kier alpha value is -1.85. The molecule has 3 rings (SSSR count). The summed E-state index contributed by atoms with van der Waals surface area (Å²) in [6.07, 6.45) is 30.1. The molecule has 0 aromatic rings. The summed E-state index contributed by atoms with van der Waals surface area (Å²) in [7, 11) is -3.92. The minimum absolute atomic E-state index is 0.0832. The Bertz CT molecular complexity index is 1600. The van der Waals surface area contributed by atoms with Crippen LogP contribution in [0.1, 0.15) is 230 Å². The van der Waals surface area contributed by atoms with Crippen molar-refractivity contribution in [2.45, 2.75) is 301 Å². The average molecular weight is 1050 g/mol. The molecule has 3 heterocycles. The molecule has 11 nitrogen and oxygen atoms in total. The third kappa shape index (κ3) is 20.6. The number of allylic oxidation sites excluding steroid dienone is 2. The molecule has 0 aromatic heterocycles. The number of ether oxygens (including phenoxy) is 4. The van der Waals surface area contributed by atoms with E-state index in [9.17, 15) is 9.59 Å². The van der Waals surface area contributed by atoms with E-state index < -0.39 is 28.7 Å². The van der Waals surface area contributed by atoms with Crippen molar-refractivity contribution in [3.8, 4) is 0 Å². The molecule has 3 N–H and O–H groups in total. The zero-order chi connectivity index (χ0) is 53.4. The van der Waals surface area contributed by atoms with E-state index in [1.165, 1.54) is 51.4 Å². The van der Waals surface area contributed by atoms with Crippen LogP contribution in [0.3, 0.4) is 0 Å². The van der Waals surface area contributed by atoms with Crippen LogP contribution in [0.25, 0.3) is 0 Å². The number of rotatable bonds is 37. The third-order valence-corrected chi connectivity index (χ3v) is 27.3. The Morgan fingerprint density at radius 3 is 1.94 bits per heavy atom. The first kappa shape index (κ1) is 64.4. The summed E-state index contributed by atoms with van der Waals surface area (Å²) in [4.78, 5) is 28.3. The van der Waals surface area contributed by atoms with Crippen LogP contribution < -0.4 is 11.1 Å². The molecule has 0 aromatic carbocycles. The van der Waals surface area contributed by atoms with E-state index in [2.05, 4.69) is 118 Å². The normalized spacial score (nSPS) is 20.9. The van der Waals surface area contributed by atoms with Crippen LogP contribution in [0.2, 0.25) is 34.8 Å². The number of unbranched alkanes of at least 4 members (excludes halogenated alkanes) is 12. The van der Waals surface area contributed by atoms with E-state index in [0.717, 1.165) is 101 Å². The summed E-state index contributed by atoms with van der Waals surface area (Å²) in [6, 6.07) is -0.0389. The van der Waals surface area contributed by atoms with E-state index in [4.69, 9.17) is 33.5 Å². The van der Waals surface area contributed by atoms with E-state index in [1.54, 1.807) is 6.08 Å². The van der Waals surface area contributed by atoms with Gasteiger partial charge in [0.15, 0.2) is 14.1 Å². The quantitative estimate of drug-likeness (QED) is 0.0267. The lowest BCUT2D eigenvalue weighted by atomic mass is 9.96. The fourth-order valence-corrected chi connectivity index (χ4v) is 18.8. The van der Waals surface area contributed by atoms with Crippen LogP contribution in [-0.4, -0.2) is 96.3 Å². The number of carbonyl (C=O) groups excluding carboxylic acids is 2. The first-order valence-electron chi connectivity index (χ1n) is 29.4.